The van der Waals surface area contributed by atoms with Crippen LogP contribution in [0.15, 0.2) is 27.1 Å². The zero-order chi connectivity index (χ0) is 18.1. The van der Waals surface area contributed by atoms with E-state index in [9.17, 15) is 4.79 Å². The number of aryl methyl sites for hydroxylation is 3. The van der Waals surface area contributed by atoms with Crippen LogP contribution in [0, 0.1) is 20.8 Å². The second-order valence-corrected chi connectivity index (χ2v) is 6.18. The van der Waals surface area contributed by atoms with Gasteiger partial charge in [-0.2, -0.15) is 4.68 Å². The van der Waals surface area contributed by atoms with Gasteiger partial charge < -0.3 is 14.5 Å². The van der Waals surface area contributed by atoms with Crippen LogP contribution in [-0.4, -0.2) is 33.2 Å². The number of nitrogens with zero attached hydrogens (tertiary/aromatic N) is 4. The van der Waals surface area contributed by atoms with E-state index in [-0.39, 0.29) is 5.91 Å². The third kappa shape index (κ3) is 3.14. The van der Waals surface area contributed by atoms with Crippen LogP contribution < -0.4 is 10.1 Å². The lowest BCUT2D eigenvalue weighted by Gasteiger charge is -2.12. The molecule has 0 bridgehead atoms. The monoisotopic (exact) mass is 405 g/mol. The van der Waals surface area contributed by atoms with E-state index in [1.165, 1.54) is 4.68 Å². The van der Waals surface area contributed by atoms with Crippen molar-refractivity contribution in [3.63, 3.8) is 0 Å². The Kier molecular flexibility index (Phi) is 4.58. The number of hydrogen-bond donors (Lipinski definition) is 1. The van der Waals surface area contributed by atoms with E-state index < -0.39 is 0 Å². The van der Waals surface area contributed by atoms with Crippen molar-refractivity contribution in [3.8, 4) is 11.4 Å². The molecule has 0 aliphatic carbocycles. The minimum absolute atomic E-state index is 0.272. The number of rotatable bonds is 4. The molecule has 1 amide bonds. The van der Waals surface area contributed by atoms with Crippen molar-refractivity contribution in [1.29, 1.82) is 0 Å². The predicted molar refractivity (Wildman–Crippen MR) is 94.3 cm³/mol. The third-order valence-corrected chi connectivity index (χ3v) is 4.66. The van der Waals surface area contributed by atoms with Gasteiger partial charge >= 0.3 is 0 Å². The molecule has 0 aliphatic heterocycles. The second-order valence-electron chi connectivity index (χ2n) is 5.38. The summed E-state index contributed by atoms with van der Waals surface area (Å²) in [5.41, 5.74) is 1.68. The van der Waals surface area contributed by atoms with E-state index >= 15 is 0 Å². The molecule has 0 fully saturated rings. The molecule has 8 nitrogen and oxygen atoms in total. The van der Waals surface area contributed by atoms with Gasteiger partial charge in [-0.3, -0.25) is 4.79 Å². The summed E-state index contributed by atoms with van der Waals surface area (Å²) in [5.74, 6) is 2.12. The number of ether oxygens (including phenoxy) is 1. The maximum atomic E-state index is 12.6. The number of hydrogen-bond acceptors (Lipinski definition) is 6. The first kappa shape index (κ1) is 17.2. The van der Waals surface area contributed by atoms with Crippen LogP contribution in [0.5, 0.6) is 5.75 Å². The highest BCUT2D eigenvalue weighted by Crippen LogP contribution is 2.30. The summed E-state index contributed by atoms with van der Waals surface area (Å²) in [6.07, 6.45) is 0. The maximum Gasteiger partial charge on any atom is 0.260 e. The average molecular weight is 406 g/mol. The zero-order valence-corrected chi connectivity index (χ0v) is 15.7. The molecular formula is C16H16BrN5O3. The largest absolute Gasteiger partial charge is 0.494 e. The van der Waals surface area contributed by atoms with E-state index in [1.54, 1.807) is 46.1 Å². The number of methoxy groups -OCH3 is 1. The van der Waals surface area contributed by atoms with Gasteiger partial charge in [-0.25, -0.2) is 0 Å². The van der Waals surface area contributed by atoms with Crippen molar-refractivity contribution < 1.29 is 13.9 Å². The zero-order valence-electron chi connectivity index (χ0n) is 14.1. The number of tetrazole rings is 1. The fraction of sp³-hybridized carbons (Fsp3) is 0.250. The fourth-order valence-corrected chi connectivity index (χ4v) is 3.04. The summed E-state index contributed by atoms with van der Waals surface area (Å²) in [7, 11) is 1.56. The van der Waals surface area contributed by atoms with Gasteiger partial charge in [0.05, 0.1) is 17.1 Å². The SMILES string of the molecule is COc1ccc(NC(=O)c2c(C)oc(C)c2Br)cc1-n1nnnc1C. The van der Waals surface area contributed by atoms with Crippen molar-refractivity contribution in [2.24, 2.45) is 0 Å². The number of nitrogens with one attached hydrogen (secondary N) is 1. The smallest absolute Gasteiger partial charge is 0.260 e. The molecule has 25 heavy (non-hydrogen) atoms. The molecule has 1 N–H and O–H groups in total. The van der Waals surface area contributed by atoms with Crippen LogP contribution in [0.4, 0.5) is 5.69 Å². The topological polar surface area (TPSA) is 95.1 Å². The van der Waals surface area contributed by atoms with Gasteiger partial charge in [0, 0.05) is 5.69 Å². The summed E-state index contributed by atoms with van der Waals surface area (Å²) in [6, 6.07) is 5.24. The molecule has 0 saturated carbocycles. The first-order valence-corrected chi connectivity index (χ1v) is 8.22. The van der Waals surface area contributed by atoms with Crippen molar-refractivity contribution in [3.05, 3.63) is 45.6 Å². The summed E-state index contributed by atoms with van der Waals surface area (Å²) >= 11 is 3.39. The number of anilines is 1. The lowest BCUT2D eigenvalue weighted by atomic mass is 10.2. The van der Waals surface area contributed by atoms with E-state index in [1.807, 2.05) is 0 Å². The van der Waals surface area contributed by atoms with Gasteiger partial charge in [-0.05, 0) is 65.3 Å². The molecule has 3 aromatic rings. The van der Waals surface area contributed by atoms with E-state index in [0.29, 0.717) is 44.5 Å². The molecule has 0 aliphatic rings. The predicted octanol–water partition coefficient (Wildman–Crippen LogP) is 3.20. The molecule has 130 valence electrons. The Hall–Kier alpha value is -2.68. The Labute approximate surface area is 152 Å². The summed E-state index contributed by atoms with van der Waals surface area (Å²) < 4.78 is 13.0. The van der Waals surface area contributed by atoms with Gasteiger partial charge in [0.25, 0.3) is 5.91 Å². The van der Waals surface area contributed by atoms with Crippen molar-refractivity contribution in [1.82, 2.24) is 20.2 Å². The van der Waals surface area contributed by atoms with Crippen LogP contribution >= 0.6 is 15.9 Å². The molecule has 0 unspecified atom stereocenters. The quantitative estimate of drug-likeness (QED) is 0.715. The maximum absolute atomic E-state index is 12.6. The van der Waals surface area contributed by atoms with Crippen LogP contribution in [0.3, 0.4) is 0 Å². The molecule has 3 rings (SSSR count). The average Bonchev–Trinajstić information content (AvgIpc) is 3.10. The van der Waals surface area contributed by atoms with Gasteiger partial charge in [-0.1, -0.05) is 0 Å². The fourth-order valence-electron chi connectivity index (χ4n) is 2.50. The minimum atomic E-state index is -0.272. The number of carbonyl (C=O) groups excluding carboxylic acids is 1. The van der Waals surface area contributed by atoms with Gasteiger partial charge in [-0.15, -0.1) is 5.10 Å². The molecule has 0 radical (unpaired) electrons. The van der Waals surface area contributed by atoms with Crippen LogP contribution in [-0.2, 0) is 0 Å². The number of halogens is 1. The highest BCUT2D eigenvalue weighted by molar-refractivity contribution is 9.10. The van der Waals surface area contributed by atoms with Gasteiger partial charge in [0.2, 0.25) is 0 Å². The van der Waals surface area contributed by atoms with Crippen LogP contribution in [0.1, 0.15) is 27.7 Å². The molecule has 9 heteroatoms. The Morgan fingerprint density at radius 1 is 1.28 bits per heavy atom. The summed E-state index contributed by atoms with van der Waals surface area (Å²) in [5, 5.41) is 14.3. The second kappa shape index (κ2) is 6.67. The molecule has 0 spiro atoms. The third-order valence-electron chi connectivity index (χ3n) is 3.70. The number of benzene rings is 1. The first-order valence-electron chi connectivity index (χ1n) is 7.42. The van der Waals surface area contributed by atoms with Crippen LogP contribution in [0.25, 0.3) is 5.69 Å². The number of furan rings is 1. The van der Waals surface area contributed by atoms with E-state index in [2.05, 4.69) is 36.8 Å². The lowest BCUT2D eigenvalue weighted by Crippen LogP contribution is -2.13. The van der Waals surface area contributed by atoms with Crippen LogP contribution in [0.2, 0.25) is 0 Å². The van der Waals surface area contributed by atoms with E-state index in [4.69, 9.17) is 9.15 Å². The minimum Gasteiger partial charge on any atom is -0.494 e. The first-order chi connectivity index (χ1) is 11.9. The highest BCUT2D eigenvalue weighted by Gasteiger charge is 2.20. The van der Waals surface area contributed by atoms with Crippen molar-refractivity contribution >= 4 is 27.5 Å². The lowest BCUT2D eigenvalue weighted by molar-refractivity contribution is 0.102. The number of carbonyl (C=O) groups is 1. The van der Waals surface area contributed by atoms with Gasteiger partial charge in [0.15, 0.2) is 5.82 Å². The Bertz CT molecular complexity index is 947. The molecule has 2 heterocycles. The molecule has 0 saturated heterocycles. The van der Waals surface area contributed by atoms with Crippen molar-refractivity contribution in [2.75, 3.05) is 12.4 Å². The molecule has 1 aromatic carbocycles. The van der Waals surface area contributed by atoms with Crippen molar-refractivity contribution in [2.45, 2.75) is 20.8 Å². The van der Waals surface area contributed by atoms with E-state index in [0.717, 1.165) is 0 Å². The molecular weight excluding hydrogens is 390 g/mol. The summed E-state index contributed by atoms with van der Waals surface area (Å²) in [4.78, 5) is 12.6. The Morgan fingerprint density at radius 3 is 2.60 bits per heavy atom. The normalized spacial score (nSPS) is 10.8. The summed E-state index contributed by atoms with van der Waals surface area (Å²) in [6.45, 7) is 5.32. The highest BCUT2D eigenvalue weighted by atomic mass is 79.9. The number of aromatic nitrogens is 4. The molecule has 0 atom stereocenters. The number of amides is 1. The van der Waals surface area contributed by atoms with Gasteiger partial charge in [0.1, 0.15) is 23.0 Å². The standard InChI is InChI=1S/C16H16BrN5O3/c1-8-14(15(17)9(2)25-8)16(23)18-11-5-6-13(24-4)12(7-11)22-10(3)19-20-21-22/h5-7H,1-4H3,(H,18,23). The Morgan fingerprint density at radius 2 is 2.04 bits per heavy atom. The Balaban J connectivity index is 1.96. The molecule has 2 aromatic heterocycles.